The largest absolute Gasteiger partial charge is 0.324 e. The lowest BCUT2D eigenvalue weighted by Gasteiger charge is -2.35. The van der Waals surface area contributed by atoms with E-state index in [9.17, 15) is 4.79 Å². The lowest BCUT2D eigenvalue weighted by Crippen LogP contribution is -2.47. The lowest BCUT2D eigenvalue weighted by atomic mass is 9.90. The third kappa shape index (κ3) is 3.12. The predicted octanol–water partition coefficient (Wildman–Crippen LogP) is 2.68. The maximum absolute atomic E-state index is 12.3. The van der Waals surface area contributed by atoms with Gasteiger partial charge in [0.1, 0.15) is 0 Å². The minimum Gasteiger partial charge on any atom is -0.324 e. The SMILES string of the molecule is O=C(Nc1ccccc1)N1CCCC(C2CCCN2)C1. The number of benzene rings is 1. The molecule has 0 saturated carbocycles. The monoisotopic (exact) mass is 273 g/mol. The van der Waals surface area contributed by atoms with Gasteiger partial charge in [-0.15, -0.1) is 0 Å². The molecular formula is C16H23N3O. The molecule has 2 amide bonds. The Balaban J connectivity index is 1.57. The van der Waals surface area contributed by atoms with Crippen LogP contribution >= 0.6 is 0 Å². The lowest BCUT2D eigenvalue weighted by molar-refractivity contribution is 0.163. The number of rotatable bonds is 2. The minimum absolute atomic E-state index is 0.0406. The molecule has 0 aromatic heterocycles. The van der Waals surface area contributed by atoms with Crippen molar-refractivity contribution in [3.63, 3.8) is 0 Å². The summed E-state index contributed by atoms with van der Waals surface area (Å²) in [6.45, 7) is 2.90. The van der Waals surface area contributed by atoms with Crippen molar-refractivity contribution in [3.8, 4) is 0 Å². The van der Waals surface area contributed by atoms with E-state index in [0.29, 0.717) is 12.0 Å². The summed E-state index contributed by atoms with van der Waals surface area (Å²) >= 11 is 0. The third-order valence-corrected chi connectivity index (χ3v) is 4.44. The molecule has 108 valence electrons. The molecule has 2 fully saturated rings. The van der Waals surface area contributed by atoms with Crippen molar-refractivity contribution in [1.29, 1.82) is 0 Å². The van der Waals surface area contributed by atoms with Crippen LogP contribution in [0.2, 0.25) is 0 Å². The van der Waals surface area contributed by atoms with Crippen LogP contribution in [0.4, 0.5) is 10.5 Å². The second-order valence-electron chi connectivity index (χ2n) is 5.85. The second-order valence-corrected chi connectivity index (χ2v) is 5.85. The molecular weight excluding hydrogens is 250 g/mol. The highest BCUT2D eigenvalue weighted by atomic mass is 16.2. The Morgan fingerprint density at radius 2 is 2.05 bits per heavy atom. The standard InChI is InChI=1S/C16H23N3O/c20-16(18-14-7-2-1-3-8-14)19-11-5-6-13(12-19)15-9-4-10-17-15/h1-3,7-8,13,15,17H,4-6,9-12H2,(H,18,20). The number of nitrogens with one attached hydrogen (secondary N) is 2. The maximum Gasteiger partial charge on any atom is 0.321 e. The zero-order chi connectivity index (χ0) is 13.8. The first-order valence-electron chi connectivity index (χ1n) is 7.67. The number of amides is 2. The molecule has 1 aromatic rings. The van der Waals surface area contributed by atoms with Crippen LogP contribution in [-0.4, -0.2) is 36.6 Å². The van der Waals surface area contributed by atoms with Crippen LogP contribution in [0.3, 0.4) is 0 Å². The van der Waals surface area contributed by atoms with Crippen molar-refractivity contribution >= 4 is 11.7 Å². The van der Waals surface area contributed by atoms with Crippen molar-refractivity contribution < 1.29 is 4.79 Å². The smallest absolute Gasteiger partial charge is 0.321 e. The molecule has 3 rings (SSSR count). The highest BCUT2D eigenvalue weighted by Gasteiger charge is 2.30. The van der Waals surface area contributed by atoms with E-state index in [1.807, 2.05) is 35.2 Å². The molecule has 2 atom stereocenters. The molecule has 4 nitrogen and oxygen atoms in total. The fourth-order valence-electron chi connectivity index (χ4n) is 3.36. The van der Waals surface area contributed by atoms with Crippen molar-refractivity contribution in [2.24, 2.45) is 5.92 Å². The Hall–Kier alpha value is -1.55. The quantitative estimate of drug-likeness (QED) is 0.870. The molecule has 2 aliphatic heterocycles. The van der Waals surface area contributed by atoms with E-state index in [4.69, 9.17) is 0 Å². The molecule has 1 aromatic carbocycles. The first-order chi connectivity index (χ1) is 9.83. The van der Waals surface area contributed by atoms with Crippen LogP contribution in [0.15, 0.2) is 30.3 Å². The number of carbonyl (C=O) groups excluding carboxylic acids is 1. The minimum atomic E-state index is 0.0406. The number of piperidine rings is 1. The summed E-state index contributed by atoms with van der Waals surface area (Å²) in [5.41, 5.74) is 0.874. The molecule has 0 bridgehead atoms. The van der Waals surface area contributed by atoms with E-state index in [1.165, 1.54) is 19.3 Å². The highest BCUT2D eigenvalue weighted by Crippen LogP contribution is 2.25. The molecule has 0 radical (unpaired) electrons. The van der Waals surface area contributed by atoms with Gasteiger partial charge in [0, 0.05) is 24.8 Å². The normalized spacial score (nSPS) is 26.5. The van der Waals surface area contributed by atoms with E-state index in [-0.39, 0.29) is 6.03 Å². The topological polar surface area (TPSA) is 44.4 Å². The number of carbonyl (C=O) groups is 1. The predicted molar refractivity (Wildman–Crippen MR) is 80.8 cm³/mol. The fraction of sp³-hybridized carbons (Fsp3) is 0.562. The molecule has 2 heterocycles. The maximum atomic E-state index is 12.3. The van der Waals surface area contributed by atoms with Gasteiger partial charge in [-0.05, 0) is 50.3 Å². The van der Waals surface area contributed by atoms with Gasteiger partial charge in [0.15, 0.2) is 0 Å². The molecule has 0 spiro atoms. The van der Waals surface area contributed by atoms with Crippen molar-refractivity contribution in [1.82, 2.24) is 10.2 Å². The number of anilines is 1. The molecule has 2 unspecified atom stereocenters. The van der Waals surface area contributed by atoms with Crippen LogP contribution < -0.4 is 10.6 Å². The summed E-state index contributed by atoms with van der Waals surface area (Å²) in [6.07, 6.45) is 4.90. The first kappa shape index (κ1) is 13.4. The molecule has 20 heavy (non-hydrogen) atoms. The van der Waals surface area contributed by atoms with E-state index < -0.39 is 0 Å². The zero-order valence-corrected chi connectivity index (χ0v) is 11.8. The van der Waals surface area contributed by atoms with Gasteiger partial charge >= 0.3 is 6.03 Å². The van der Waals surface area contributed by atoms with Gasteiger partial charge in [-0.3, -0.25) is 0 Å². The van der Waals surface area contributed by atoms with Gasteiger partial charge < -0.3 is 15.5 Å². The van der Waals surface area contributed by atoms with E-state index in [1.54, 1.807) is 0 Å². The second kappa shape index (κ2) is 6.27. The molecule has 4 heteroatoms. The van der Waals surface area contributed by atoms with Crippen molar-refractivity contribution in [3.05, 3.63) is 30.3 Å². The Bertz CT molecular complexity index is 442. The van der Waals surface area contributed by atoms with Crippen LogP contribution in [-0.2, 0) is 0 Å². The van der Waals surface area contributed by atoms with E-state index in [0.717, 1.165) is 31.7 Å². The fourth-order valence-corrected chi connectivity index (χ4v) is 3.36. The Morgan fingerprint density at radius 1 is 1.20 bits per heavy atom. The number of para-hydroxylation sites is 1. The summed E-state index contributed by atoms with van der Waals surface area (Å²) in [5.74, 6) is 0.618. The molecule has 0 aliphatic carbocycles. The number of urea groups is 1. The summed E-state index contributed by atoms with van der Waals surface area (Å²) in [6, 6.07) is 10.4. The van der Waals surface area contributed by atoms with Crippen molar-refractivity contribution in [2.45, 2.75) is 31.7 Å². The van der Waals surface area contributed by atoms with Gasteiger partial charge in [0.05, 0.1) is 0 Å². The number of hydrogen-bond donors (Lipinski definition) is 2. The van der Waals surface area contributed by atoms with Crippen molar-refractivity contribution in [2.75, 3.05) is 25.0 Å². The van der Waals surface area contributed by atoms with Gasteiger partial charge in [-0.25, -0.2) is 4.79 Å². The summed E-state index contributed by atoms with van der Waals surface area (Å²) < 4.78 is 0. The molecule has 2 N–H and O–H groups in total. The van der Waals surface area contributed by atoms with Crippen LogP contribution in [0.1, 0.15) is 25.7 Å². The summed E-state index contributed by atoms with van der Waals surface area (Å²) in [5, 5.41) is 6.57. The number of hydrogen-bond acceptors (Lipinski definition) is 2. The Labute approximate surface area is 120 Å². The average Bonchev–Trinajstić information content (AvgIpc) is 3.03. The highest BCUT2D eigenvalue weighted by molar-refractivity contribution is 5.89. The first-order valence-corrected chi connectivity index (χ1v) is 7.67. The Kier molecular flexibility index (Phi) is 4.21. The third-order valence-electron chi connectivity index (χ3n) is 4.44. The van der Waals surface area contributed by atoms with E-state index in [2.05, 4.69) is 10.6 Å². The van der Waals surface area contributed by atoms with Crippen LogP contribution in [0.25, 0.3) is 0 Å². The summed E-state index contributed by atoms with van der Waals surface area (Å²) in [4.78, 5) is 14.3. The van der Waals surface area contributed by atoms with Crippen LogP contribution in [0, 0.1) is 5.92 Å². The number of nitrogens with zero attached hydrogens (tertiary/aromatic N) is 1. The van der Waals surface area contributed by atoms with Crippen LogP contribution in [0.5, 0.6) is 0 Å². The summed E-state index contributed by atoms with van der Waals surface area (Å²) in [7, 11) is 0. The van der Waals surface area contributed by atoms with Gasteiger partial charge in [-0.2, -0.15) is 0 Å². The Morgan fingerprint density at radius 3 is 2.80 bits per heavy atom. The molecule has 2 aliphatic rings. The molecule has 2 saturated heterocycles. The average molecular weight is 273 g/mol. The van der Waals surface area contributed by atoms with Gasteiger partial charge in [0.25, 0.3) is 0 Å². The zero-order valence-electron chi connectivity index (χ0n) is 11.8. The number of likely N-dealkylation sites (tertiary alicyclic amines) is 1. The van der Waals surface area contributed by atoms with E-state index >= 15 is 0 Å². The van der Waals surface area contributed by atoms with Gasteiger partial charge in [0.2, 0.25) is 0 Å². The van der Waals surface area contributed by atoms with Gasteiger partial charge in [-0.1, -0.05) is 18.2 Å².